The number of Topliss-reactive ketones (excluding diaryl/α,β-unsaturated/α-hetero) is 1. The Labute approximate surface area is 72.0 Å². The van der Waals surface area contributed by atoms with Gasteiger partial charge < -0.3 is 9.84 Å². The third-order valence-corrected chi connectivity index (χ3v) is 1.83. The summed E-state index contributed by atoms with van der Waals surface area (Å²) in [6.07, 6.45) is 3.19. The molecule has 1 N–H and O–H groups in total. The number of aliphatic hydroxyl groups is 1. The standard InChI is InChI=1S/C9H14O3/c1-2-3-6-12-8-5-4-7(10)9(8)11/h5,7,10H,2-4,6H2,1H3. The van der Waals surface area contributed by atoms with Gasteiger partial charge in [-0.15, -0.1) is 0 Å². The van der Waals surface area contributed by atoms with Crippen LogP contribution in [0.4, 0.5) is 0 Å². The van der Waals surface area contributed by atoms with Crippen molar-refractivity contribution in [1.29, 1.82) is 0 Å². The average Bonchev–Trinajstić information content (AvgIpc) is 2.36. The zero-order valence-electron chi connectivity index (χ0n) is 7.25. The van der Waals surface area contributed by atoms with Crippen molar-refractivity contribution in [2.24, 2.45) is 0 Å². The summed E-state index contributed by atoms with van der Waals surface area (Å²) < 4.78 is 5.18. The Hall–Kier alpha value is -0.830. The van der Waals surface area contributed by atoms with E-state index in [0.29, 0.717) is 18.8 Å². The number of aliphatic hydroxyl groups excluding tert-OH is 1. The van der Waals surface area contributed by atoms with Crippen molar-refractivity contribution in [2.75, 3.05) is 6.61 Å². The lowest BCUT2D eigenvalue weighted by Gasteiger charge is -2.04. The van der Waals surface area contributed by atoms with Crippen LogP contribution in [-0.2, 0) is 9.53 Å². The van der Waals surface area contributed by atoms with Gasteiger partial charge in [0.2, 0.25) is 5.78 Å². The quantitative estimate of drug-likeness (QED) is 0.641. The number of hydrogen-bond donors (Lipinski definition) is 1. The molecule has 0 aliphatic heterocycles. The molecule has 0 heterocycles. The maximum absolute atomic E-state index is 11.1. The van der Waals surface area contributed by atoms with Crippen LogP contribution < -0.4 is 0 Å². The minimum atomic E-state index is -0.860. The van der Waals surface area contributed by atoms with Gasteiger partial charge >= 0.3 is 0 Å². The molecule has 68 valence electrons. The number of unbranched alkanes of at least 4 members (excludes halogenated alkanes) is 1. The molecule has 3 heteroatoms. The summed E-state index contributed by atoms with van der Waals surface area (Å²) in [7, 11) is 0. The van der Waals surface area contributed by atoms with Crippen LogP contribution in [-0.4, -0.2) is 23.6 Å². The molecule has 0 radical (unpaired) electrons. The van der Waals surface area contributed by atoms with Gasteiger partial charge in [0.25, 0.3) is 0 Å². The minimum Gasteiger partial charge on any atom is -0.490 e. The van der Waals surface area contributed by atoms with E-state index in [1.165, 1.54) is 0 Å². The van der Waals surface area contributed by atoms with Gasteiger partial charge in [-0.1, -0.05) is 13.3 Å². The highest BCUT2D eigenvalue weighted by Crippen LogP contribution is 2.15. The molecule has 3 nitrogen and oxygen atoms in total. The molecule has 1 unspecified atom stereocenters. The minimum absolute atomic E-state index is 0.272. The van der Waals surface area contributed by atoms with Crippen LogP contribution in [0.5, 0.6) is 0 Å². The van der Waals surface area contributed by atoms with Crippen molar-refractivity contribution in [3.8, 4) is 0 Å². The van der Waals surface area contributed by atoms with E-state index in [-0.39, 0.29) is 5.78 Å². The van der Waals surface area contributed by atoms with Gasteiger partial charge in [0, 0.05) is 6.42 Å². The highest BCUT2D eigenvalue weighted by Gasteiger charge is 2.25. The van der Waals surface area contributed by atoms with Crippen molar-refractivity contribution >= 4 is 5.78 Å². The molecule has 1 atom stereocenters. The molecule has 0 saturated carbocycles. The maximum Gasteiger partial charge on any atom is 0.225 e. The van der Waals surface area contributed by atoms with Gasteiger partial charge in [0.1, 0.15) is 6.10 Å². The zero-order chi connectivity index (χ0) is 8.97. The van der Waals surface area contributed by atoms with Crippen LogP contribution in [0.15, 0.2) is 11.8 Å². The van der Waals surface area contributed by atoms with Crippen molar-refractivity contribution < 1.29 is 14.6 Å². The molecule has 1 aliphatic carbocycles. The van der Waals surface area contributed by atoms with Crippen molar-refractivity contribution in [3.05, 3.63) is 11.8 Å². The molecule has 0 fully saturated rings. The van der Waals surface area contributed by atoms with Gasteiger partial charge in [-0.05, 0) is 12.5 Å². The summed E-state index contributed by atoms with van der Waals surface area (Å²) in [5.41, 5.74) is 0. The lowest BCUT2D eigenvalue weighted by molar-refractivity contribution is -0.125. The molecule has 0 aromatic heterocycles. The summed E-state index contributed by atoms with van der Waals surface area (Å²) in [4.78, 5) is 11.1. The van der Waals surface area contributed by atoms with Gasteiger partial charge in [0.15, 0.2) is 5.76 Å². The zero-order valence-corrected chi connectivity index (χ0v) is 7.25. The molecule has 1 rings (SSSR count). The van der Waals surface area contributed by atoms with E-state index in [9.17, 15) is 4.79 Å². The fourth-order valence-corrected chi connectivity index (χ4v) is 1.05. The Balaban J connectivity index is 2.29. The molecule has 0 spiro atoms. The van der Waals surface area contributed by atoms with E-state index in [4.69, 9.17) is 9.84 Å². The third-order valence-electron chi connectivity index (χ3n) is 1.83. The molecule has 1 aliphatic rings. The second-order valence-corrected chi connectivity index (χ2v) is 2.89. The SMILES string of the molecule is CCCCOC1=CCC(O)C1=O. The van der Waals surface area contributed by atoms with E-state index < -0.39 is 6.10 Å². The van der Waals surface area contributed by atoms with E-state index in [1.54, 1.807) is 6.08 Å². The monoisotopic (exact) mass is 170 g/mol. The van der Waals surface area contributed by atoms with Crippen molar-refractivity contribution in [1.82, 2.24) is 0 Å². The number of ether oxygens (including phenoxy) is 1. The molecule has 0 aromatic rings. The van der Waals surface area contributed by atoms with Gasteiger partial charge in [-0.3, -0.25) is 4.79 Å². The first kappa shape index (κ1) is 9.26. The fraction of sp³-hybridized carbons (Fsp3) is 0.667. The predicted molar refractivity (Wildman–Crippen MR) is 44.6 cm³/mol. The summed E-state index contributed by atoms with van der Waals surface area (Å²) in [6, 6.07) is 0. The first-order valence-electron chi connectivity index (χ1n) is 4.31. The third kappa shape index (κ3) is 2.08. The van der Waals surface area contributed by atoms with E-state index >= 15 is 0 Å². The Kier molecular flexibility index (Phi) is 3.29. The summed E-state index contributed by atoms with van der Waals surface area (Å²) in [6.45, 7) is 2.63. The maximum atomic E-state index is 11.1. The van der Waals surface area contributed by atoms with Crippen LogP contribution in [0, 0.1) is 0 Å². The summed E-state index contributed by atoms with van der Waals surface area (Å²) in [5, 5.41) is 9.04. The van der Waals surface area contributed by atoms with Crippen LogP contribution in [0.1, 0.15) is 26.2 Å². The fourth-order valence-electron chi connectivity index (χ4n) is 1.05. The van der Waals surface area contributed by atoms with E-state index in [2.05, 4.69) is 6.92 Å². The highest BCUT2D eigenvalue weighted by atomic mass is 16.5. The van der Waals surface area contributed by atoms with Crippen LogP contribution >= 0.6 is 0 Å². The van der Waals surface area contributed by atoms with Gasteiger partial charge in [-0.25, -0.2) is 0 Å². The molecule has 0 saturated heterocycles. The number of hydrogen-bond acceptors (Lipinski definition) is 3. The predicted octanol–water partition coefficient (Wildman–Crippen LogP) is 1.02. The molecule has 12 heavy (non-hydrogen) atoms. The Bertz CT molecular complexity index is 196. The first-order chi connectivity index (χ1) is 5.75. The topological polar surface area (TPSA) is 46.5 Å². The first-order valence-corrected chi connectivity index (χ1v) is 4.31. The second kappa shape index (κ2) is 4.26. The van der Waals surface area contributed by atoms with Gasteiger partial charge in [-0.2, -0.15) is 0 Å². The Morgan fingerprint density at radius 2 is 2.50 bits per heavy atom. The molecule has 0 bridgehead atoms. The van der Waals surface area contributed by atoms with Crippen molar-refractivity contribution in [3.63, 3.8) is 0 Å². The lowest BCUT2D eigenvalue weighted by atomic mass is 10.3. The Morgan fingerprint density at radius 1 is 1.75 bits per heavy atom. The largest absolute Gasteiger partial charge is 0.490 e. The van der Waals surface area contributed by atoms with Gasteiger partial charge in [0.05, 0.1) is 6.61 Å². The summed E-state index contributed by atoms with van der Waals surface area (Å²) >= 11 is 0. The van der Waals surface area contributed by atoms with E-state index in [1.807, 2.05) is 0 Å². The number of carbonyl (C=O) groups is 1. The lowest BCUT2D eigenvalue weighted by Crippen LogP contribution is -2.16. The van der Waals surface area contributed by atoms with Crippen molar-refractivity contribution in [2.45, 2.75) is 32.3 Å². The van der Waals surface area contributed by atoms with Crippen LogP contribution in [0.25, 0.3) is 0 Å². The molecular weight excluding hydrogens is 156 g/mol. The Morgan fingerprint density at radius 3 is 3.00 bits per heavy atom. The molecular formula is C9H14O3. The average molecular weight is 170 g/mol. The normalized spacial score (nSPS) is 22.7. The number of rotatable bonds is 4. The highest BCUT2D eigenvalue weighted by molar-refractivity contribution is 5.99. The molecule has 0 aromatic carbocycles. The second-order valence-electron chi connectivity index (χ2n) is 2.89. The van der Waals surface area contributed by atoms with E-state index in [0.717, 1.165) is 12.8 Å². The van der Waals surface area contributed by atoms with Crippen LogP contribution in [0.3, 0.4) is 0 Å². The number of carbonyl (C=O) groups excluding carboxylic acids is 1. The number of ketones is 1. The van der Waals surface area contributed by atoms with Crippen LogP contribution in [0.2, 0.25) is 0 Å². The summed E-state index contributed by atoms with van der Waals surface area (Å²) in [5.74, 6) is 0.0713. The smallest absolute Gasteiger partial charge is 0.225 e. The molecule has 0 amide bonds.